The highest BCUT2D eigenvalue weighted by atomic mass is 79.9. The molecule has 3 heteroatoms. The largest absolute Gasteiger partial charge is 0.316 e. The number of halogens is 1. The molecule has 0 aromatic heterocycles. The molecule has 0 aliphatic rings. The second-order valence-corrected chi connectivity index (χ2v) is 8.40. The molecule has 0 heterocycles. The second-order valence-electron chi connectivity index (χ2n) is 6.09. The molecule has 1 aromatic rings. The van der Waals surface area contributed by atoms with Gasteiger partial charge in [-0.15, -0.1) is 0 Å². The zero-order chi connectivity index (χ0) is 15.5. The normalized spacial score (nSPS) is 12.8. The van der Waals surface area contributed by atoms with E-state index in [0.29, 0.717) is 0 Å². The number of hydrogen-bond donors (Lipinski definition) is 1. The van der Waals surface area contributed by atoms with Crippen LogP contribution in [0.3, 0.4) is 0 Å². The lowest BCUT2D eigenvalue weighted by Gasteiger charge is -2.19. The average Bonchev–Trinajstić information content (AvgIpc) is 2.45. The maximum atomic E-state index is 3.64. The van der Waals surface area contributed by atoms with Gasteiger partial charge in [-0.05, 0) is 73.4 Å². The number of thioether (sulfide) groups is 1. The molecule has 0 bridgehead atoms. The maximum absolute atomic E-state index is 3.64. The van der Waals surface area contributed by atoms with Crippen LogP contribution in [0.15, 0.2) is 28.7 Å². The Labute approximate surface area is 143 Å². The van der Waals surface area contributed by atoms with Gasteiger partial charge in [0.25, 0.3) is 0 Å². The van der Waals surface area contributed by atoms with Gasteiger partial charge in [-0.3, -0.25) is 0 Å². The Morgan fingerprint density at radius 2 is 1.86 bits per heavy atom. The van der Waals surface area contributed by atoms with Crippen LogP contribution in [0.1, 0.15) is 39.2 Å². The van der Waals surface area contributed by atoms with Gasteiger partial charge in [-0.2, -0.15) is 11.8 Å². The van der Waals surface area contributed by atoms with Crippen molar-refractivity contribution in [2.45, 2.75) is 40.0 Å². The summed E-state index contributed by atoms with van der Waals surface area (Å²) in [6, 6.07) is 8.81. The third kappa shape index (κ3) is 9.59. The van der Waals surface area contributed by atoms with E-state index in [1.165, 1.54) is 40.8 Å². The molecular formula is C18H30BrNS. The summed E-state index contributed by atoms with van der Waals surface area (Å²) in [6.07, 6.45) is 3.85. The molecule has 1 nitrogen and oxygen atoms in total. The second kappa shape index (κ2) is 11.6. The van der Waals surface area contributed by atoms with E-state index in [0.717, 1.165) is 24.9 Å². The quantitative estimate of drug-likeness (QED) is 0.523. The molecule has 0 aliphatic heterocycles. The zero-order valence-electron chi connectivity index (χ0n) is 13.7. The van der Waals surface area contributed by atoms with Gasteiger partial charge in [0, 0.05) is 4.47 Å². The van der Waals surface area contributed by atoms with Crippen molar-refractivity contribution in [1.82, 2.24) is 5.32 Å². The molecule has 0 spiro atoms. The van der Waals surface area contributed by atoms with Crippen molar-refractivity contribution in [2.24, 2.45) is 11.8 Å². The molecule has 0 saturated heterocycles. The Kier molecular flexibility index (Phi) is 10.5. The molecule has 1 N–H and O–H groups in total. The molecular weight excluding hydrogens is 342 g/mol. The first-order valence-corrected chi connectivity index (χ1v) is 10.1. The van der Waals surface area contributed by atoms with Gasteiger partial charge in [0.05, 0.1) is 0 Å². The summed E-state index contributed by atoms with van der Waals surface area (Å²) in [5.74, 6) is 4.02. The standard InChI is InChI=1S/C18H30BrNS/c1-4-21-11-5-6-17(14-20-13-15(2)3)12-16-7-9-18(19)10-8-16/h7-10,15,17,20H,4-6,11-14H2,1-3H3. The van der Waals surface area contributed by atoms with Crippen LogP contribution in [0.4, 0.5) is 0 Å². The molecule has 1 unspecified atom stereocenters. The minimum absolute atomic E-state index is 0.731. The molecule has 0 aliphatic carbocycles. The minimum atomic E-state index is 0.731. The first kappa shape index (κ1) is 19.1. The SMILES string of the molecule is CCSCCCC(CNCC(C)C)Cc1ccc(Br)cc1. The summed E-state index contributed by atoms with van der Waals surface area (Å²) < 4.78 is 1.17. The molecule has 1 atom stereocenters. The Bertz CT molecular complexity index is 364. The Morgan fingerprint density at radius 3 is 2.48 bits per heavy atom. The summed E-state index contributed by atoms with van der Waals surface area (Å²) in [5.41, 5.74) is 1.46. The van der Waals surface area contributed by atoms with Crippen molar-refractivity contribution in [3.8, 4) is 0 Å². The lowest BCUT2D eigenvalue weighted by Crippen LogP contribution is -2.27. The lowest BCUT2D eigenvalue weighted by molar-refractivity contribution is 0.422. The van der Waals surface area contributed by atoms with Gasteiger partial charge in [-0.1, -0.05) is 48.8 Å². The van der Waals surface area contributed by atoms with E-state index in [-0.39, 0.29) is 0 Å². The summed E-state index contributed by atoms with van der Waals surface area (Å²) >= 11 is 5.57. The van der Waals surface area contributed by atoms with Crippen molar-refractivity contribution in [2.75, 3.05) is 24.6 Å². The van der Waals surface area contributed by atoms with E-state index >= 15 is 0 Å². The monoisotopic (exact) mass is 371 g/mol. The van der Waals surface area contributed by atoms with Gasteiger partial charge in [0.15, 0.2) is 0 Å². The van der Waals surface area contributed by atoms with E-state index in [2.05, 4.69) is 78.0 Å². The highest BCUT2D eigenvalue weighted by Gasteiger charge is 2.10. The fourth-order valence-electron chi connectivity index (χ4n) is 2.42. The Morgan fingerprint density at radius 1 is 1.14 bits per heavy atom. The topological polar surface area (TPSA) is 12.0 Å². The molecule has 0 saturated carbocycles. The predicted octanol–water partition coefficient (Wildman–Crippen LogP) is 5.39. The summed E-state index contributed by atoms with van der Waals surface area (Å²) in [7, 11) is 0. The van der Waals surface area contributed by atoms with E-state index in [4.69, 9.17) is 0 Å². The van der Waals surface area contributed by atoms with E-state index in [1.807, 2.05) is 0 Å². The molecule has 0 amide bonds. The fourth-order valence-corrected chi connectivity index (χ4v) is 3.35. The van der Waals surface area contributed by atoms with Crippen molar-refractivity contribution in [3.05, 3.63) is 34.3 Å². The first-order chi connectivity index (χ1) is 10.1. The van der Waals surface area contributed by atoms with Crippen molar-refractivity contribution in [1.29, 1.82) is 0 Å². The van der Waals surface area contributed by atoms with E-state index in [1.54, 1.807) is 0 Å². The van der Waals surface area contributed by atoms with Crippen LogP contribution in [0, 0.1) is 11.8 Å². The third-order valence-corrected chi connectivity index (χ3v) is 5.04. The van der Waals surface area contributed by atoms with Crippen LogP contribution in [-0.2, 0) is 6.42 Å². The summed E-state index contributed by atoms with van der Waals surface area (Å²) in [4.78, 5) is 0. The van der Waals surface area contributed by atoms with Crippen LogP contribution >= 0.6 is 27.7 Å². The Hall–Kier alpha value is 0.01000. The number of rotatable bonds is 11. The van der Waals surface area contributed by atoms with E-state index < -0.39 is 0 Å². The molecule has 21 heavy (non-hydrogen) atoms. The van der Waals surface area contributed by atoms with Crippen LogP contribution < -0.4 is 5.32 Å². The van der Waals surface area contributed by atoms with Crippen molar-refractivity contribution < 1.29 is 0 Å². The Balaban J connectivity index is 2.43. The summed E-state index contributed by atoms with van der Waals surface area (Å²) in [5, 5.41) is 3.64. The predicted molar refractivity (Wildman–Crippen MR) is 101 cm³/mol. The minimum Gasteiger partial charge on any atom is -0.316 e. The van der Waals surface area contributed by atoms with Gasteiger partial charge in [0.1, 0.15) is 0 Å². The molecule has 120 valence electrons. The molecule has 0 fully saturated rings. The maximum Gasteiger partial charge on any atom is 0.0175 e. The molecule has 1 aromatic carbocycles. The lowest BCUT2D eigenvalue weighted by atomic mass is 9.95. The zero-order valence-corrected chi connectivity index (χ0v) is 16.1. The smallest absolute Gasteiger partial charge is 0.0175 e. The van der Waals surface area contributed by atoms with E-state index in [9.17, 15) is 0 Å². The van der Waals surface area contributed by atoms with Gasteiger partial charge >= 0.3 is 0 Å². The van der Waals surface area contributed by atoms with Crippen LogP contribution in [0.25, 0.3) is 0 Å². The van der Waals surface area contributed by atoms with Crippen LogP contribution in [-0.4, -0.2) is 24.6 Å². The number of benzene rings is 1. The van der Waals surface area contributed by atoms with Crippen molar-refractivity contribution >= 4 is 27.7 Å². The molecule has 0 radical (unpaired) electrons. The third-order valence-electron chi connectivity index (χ3n) is 3.53. The highest BCUT2D eigenvalue weighted by molar-refractivity contribution is 9.10. The fraction of sp³-hybridized carbons (Fsp3) is 0.667. The van der Waals surface area contributed by atoms with Gasteiger partial charge in [0.2, 0.25) is 0 Å². The van der Waals surface area contributed by atoms with Gasteiger partial charge in [-0.25, -0.2) is 0 Å². The number of hydrogen-bond acceptors (Lipinski definition) is 2. The average molecular weight is 372 g/mol. The van der Waals surface area contributed by atoms with Crippen molar-refractivity contribution in [3.63, 3.8) is 0 Å². The van der Waals surface area contributed by atoms with Gasteiger partial charge < -0.3 is 5.32 Å². The van der Waals surface area contributed by atoms with Crippen LogP contribution in [0.2, 0.25) is 0 Å². The summed E-state index contributed by atoms with van der Waals surface area (Å²) in [6.45, 7) is 9.06. The van der Waals surface area contributed by atoms with Crippen LogP contribution in [0.5, 0.6) is 0 Å². The molecule has 1 rings (SSSR count). The highest BCUT2D eigenvalue weighted by Crippen LogP contribution is 2.18. The number of nitrogens with one attached hydrogen (secondary N) is 1. The first-order valence-electron chi connectivity index (χ1n) is 8.14.